The molecule has 2 rings (SSSR count). The Morgan fingerprint density at radius 3 is 2.20 bits per heavy atom. The van der Waals surface area contributed by atoms with Crippen LogP contribution in [0.25, 0.3) is 0 Å². The predicted octanol–water partition coefficient (Wildman–Crippen LogP) is 0.708. The van der Waals surface area contributed by atoms with Crippen LogP contribution < -0.4 is 5.73 Å². The van der Waals surface area contributed by atoms with E-state index in [-0.39, 0.29) is 17.9 Å². The van der Waals surface area contributed by atoms with Gasteiger partial charge in [-0.15, -0.1) is 0 Å². The molecule has 0 saturated carbocycles. The smallest absolute Gasteiger partial charge is 0.253 e. The molecule has 0 radical (unpaired) electrons. The quantitative estimate of drug-likeness (QED) is 0.883. The lowest BCUT2D eigenvalue weighted by Gasteiger charge is -2.35. The third-order valence-electron chi connectivity index (χ3n) is 3.44. The van der Waals surface area contributed by atoms with Crippen LogP contribution in [0.15, 0.2) is 30.3 Å². The number of nitrogens with zero attached hydrogens (tertiary/aromatic N) is 2. The van der Waals surface area contributed by atoms with E-state index in [2.05, 4.69) is 0 Å². The maximum Gasteiger partial charge on any atom is 0.253 e. The van der Waals surface area contributed by atoms with Gasteiger partial charge in [-0.25, -0.2) is 0 Å². The van der Waals surface area contributed by atoms with Crippen LogP contribution in [0.3, 0.4) is 0 Å². The van der Waals surface area contributed by atoms with E-state index in [1.54, 1.807) is 9.80 Å². The number of benzene rings is 1. The lowest BCUT2D eigenvalue weighted by Crippen LogP contribution is -2.51. The Kier molecular flexibility index (Phi) is 4.74. The maximum absolute atomic E-state index is 12.3. The van der Waals surface area contributed by atoms with Crippen LogP contribution in [0.1, 0.15) is 23.7 Å². The molecule has 1 unspecified atom stereocenters. The summed E-state index contributed by atoms with van der Waals surface area (Å²) in [5, 5.41) is 0. The molecule has 20 heavy (non-hydrogen) atoms. The number of carbonyl (C=O) groups excluding carboxylic acids is 2. The standard InChI is InChI=1S/C15H21N3O2/c1-12(16)11-14(19)17-7-9-18(10-8-17)15(20)13-5-3-2-4-6-13/h2-6,12H,7-11,16H2,1H3. The molecule has 1 aromatic carbocycles. The van der Waals surface area contributed by atoms with Crippen molar-refractivity contribution < 1.29 is 9.59 Å². The minimum Gasteiger partial charge on any atom is -0.339 e. The zero-order valence-corrected chi connectivity index (χ0v) is 11.8. The van der Waals surface area contributed by atoms with Crippen LogP contribution in [0.2, 0.25) is 0 Å². The Balaban J connectivity index is 1.88. The van der Waals surface area contributed by atoms with Crippen molar-refractivity contribution in [1.82, 2.24) is 9.80 Å². The van der Waals surface area contributed by atoms with Gasteiger partial charge in [-0.05, 0) is 19.1 Å². The Hall–Kier alpha value is -1.88. The Bertz CT molecular complexity index is 465. The summed E-state index contributed by atoms with van der Waals surface area (Å²) in [4.78, 5) is 27.7. The SMILES string of the molecule is CC(N)CC(=O)N1CCN(C(=O)c2ccccc2)CC1. The van der Waals surface area contributed by atoms with E-state index in [1.807, 2.05) is 37.3 Å². The molecule has 1 heterocycles. The van der Waals surface area contributed by atoms with Crippen molar-refractivity contribution in [3.05, 3.63) is 35.9 Å². The fourth-order valence-electron chi connectivity index (χ4n) is 2.33. The molecule has 1 saturated heterocycles. The highest BCUT2D eigenvalue weighted by atomic mass is 16.2. The number of amides is 2. The molecule has 1 aliphatic heterocycles. The summed E-state index contributed by atoms with van der Waals surface area (Å²) < 4.78 is 0. The monoisotopic (exact) mass is 275 g/mol. The van der Waals surface area contributed by atoms with Gasteiger partial charge >= 0.3 is 0 Å². The van der Waals surface area contributed by atoms with Crippen LogP contribution in [0.5, 0.6) is 0 Å². The molecule has 1 atom stereocenters. The van der Waals surface area contributed by atoms with Crippen molar-refractivity contribution in [2.75, 3.05) is 26.2 Å². The van der Waals surface area contributed by atoms with Crippen LogP contribution in [-0.2, 0) is 4.79 Å². The molecule has 5 nitrogen and oxygen atoms in total. The van der Waals surface area contributed by atoms with Gasteiger partial charge in [-0.3, -0.25) is 9.59 Å². The maximum atomic E-state index is 12.3. The van der Waals surface area contributed by atoms with Gasteiger partial charge in [0.15, 0.2) is 0 Å². The summed E-state index contributed by atoms with van der Waals surface area (Å²) >= 11 is 0. The minimum atomic E-state index is -0.119. The lowest BCUT2D eigenvalue weighted by molar-refractivity contribution is -0.132. The van der Waals surface area contributed by atoms with Gasteiger partial charge in [-0.2, -0.15) is 0 Å². The number of carbonyl (C=O) groups is 2. The molecule has 0 aliphatic carbocycles. The fraction of sp³-hybridized carbons (Fsp3) is 0.467. The number of hydrogen-bond acceptors (Lipinski definition) is 3. The molecule has 2 amide bonds. The highest BCUT2D eigenvalue weighted by Gasteiger charge is 2.24. The molecule has 2 N–H and O–H groups in total. The first-order chi connectivity index (χ1) is 9.58. The van der Waals surface area contributed by atoms with Crippen molar-refractivity contribution >= 4 is 11.8 Å². The van der Waals surface area contributed by atoms with E-state index >= 15 is 0 Å². The van der Waals surface area contributed by atoms with Crippen molar-refractivity contribution in [2.24, 2.45) is 5.73 Å². The second kappa shape index (κ2) is 6.52. The van der Waals surface area contributed by atoms with Crippen LogP contribution in [-0.4, -0.2) is 53.8 Å². The summed E-state index contributed by atoms with van der Waals surface area (Å²) in [5.41, 5.74) is 6.34. The average molecular weight is 275 g/mol. The summed E-state index contributed by atoms with van der Waals surface area (Å²) in [7, 11) is 0. The molecule has 1 aliphatic rings. The Morgan fingerprint density at radius 2 is 1.65 bits per heavy atom. The normalized spacial score (nSPS) is 16.9. The second-order valence-corrected chi connectivity index (χ2v) is 5.22. The summed E-state index contributed by atoms with van der Waals surface area (Å²) in [6.45, 7) is 4.16. The molecule has 108 valence electrons. The zero-order chi connectivity index (χ0) is 14.5. The average Bonchev–Trinajstić information content (AvgIpc) is 2.47. The van der Waals surface area contributed by atoms with E-state index in [0.717, 1.165) is 0 Å². The topological polar surface area (TPSA) is 66.6 Å². The summed E-state index contributed by atoms with van der Waals surface area (Å²) in [5.74, 6) is 0.108. The highest BCUT2D eigenvalue weighted by Crippen LogP contribution is 2.09. The number of hydrogen-bond donors (Lipinski definition) is 1. The molecular formula is C15H21N3O2. The van der Waals surface area contributed by atoms with E-state index in [4.69, 9.17) is 5.73 Å². The molecule has 0 bridgehead atoms. The van der Waals surface area contributed by atoms with Gasteiger partial charge < -0.3 is 15.5 Å². The van der Waals surface area contributed by atoms with Gasteiger partial charge in [0.1, 0.15) is 0 Å². The van der Waals surface area contributed by atoms with Crippen molar-refractivity contribution in [2.45, 2.75) is 19.4 Å². The summed E-state index contributed by atoms with van der Waals surface area (Å²) in [6, 6.07) is 9.12. The molecule has 0 aromatic heterocycles. The molecule has 5 heteroatoms. The van der Waals surface area contributed by atoms with Gasteiger partial charge in [0.05, 0.1) is 0 Å². The third-order valence-corrected chi connectivity index (χ3v) is 3.44. The predicted molar refractivity (Wildman–Crippen MR) is 77.2 cm³/mol. The van der Waals surface area contributed by atoms with E-state index in [9.17, 15) is 9.59 Å². The van der Waals surface area contributed by atoms with Crippen LogP contribution >= 0.6 is 0 Å². The first-order valence-electron chi connectivity index (χ1n) is 6.95. The largest absolute Gasteiger partial charge is 0.339 e. The number of nitrogens with two attached hydrogens (primary N) is 1. The van der Waals surface area contributed by atoms with E-state index in [1.165, 1.54) is 0 Å². The number of rotatable bonds is 3. The van der Waals surface area contributed by atoms with Crippen molar-refractivity contribution in [3.63, 3.8) is 0 Å². The van der Waals surface area contributed by atoms with E-state index in [0.29, 0.717) is 38.2 Å². The molecular weight excluding hydrogens is 254 g/mol. The second-order valence-electron chi connectivity index (χ2n) is 5.22. The first kappa shape index (κ1) is 14.5. The molecule has 0 spiro atoms. The zero-order valence-electron chi connectivity index (χ0n) is 11.8. The van der Waals surface area contributed by atoms with Gasteiger partial charge in [0.2, 0.25) is 5.91 Å². The summed E-state index contributed by atoms with van der Waals surface area (Å²) in [6.07, 6.45) is 0.368. The molecule has 1 fully saturated rings. The van der Waals surface area contributed by atoms with Crippen molar-refractivity contribution in [1.29, 1.82) is 0 Å². The Morgan fingerprint density at radius 1 is 1.10 bits per heavy atom. The van der Waals surface area contributed by atoms with Gasteiger partial charge in [-0.1, -0.05) is 18.2 Å². The van der Waals surface area contributed by atoms with Gasteiger partial charge in [0, 0.05) is 44.2 Å². The first-order valence-corrected chi connectivity index (χ1v) is 6.95. The fourth-order valence-corrected chi connectivity index (χ4v) is 2.33. The van der Waals surface area contributed by atoms with Crippen LogP contribution in [0.4, 0.5) is 0 Å². The van der Waals surface area contributed by atoms with Crippen molar-refractivity contribution in [3.8, 4) is 0 Å². The lowest BCUT2D eigenvalue weighted by atomic mass is 10.1. The Labute approximate surface area is 119 Å². The number of piperazine rings is 1. The minimum absolute atomic E-state index is 0.0323. The van der Waals surface area contributed by atoms with Crippen LogP contribution in [0, 0.1) is 0 Å². The highest BCUT2D eigenvalue weighted by molar-refractivity contribution is 5.94. The van der Waals surface area contributed by atoms with Gasteiger partial charge in [0.25, 0.3) is 5.91 Å². The van der Waals surface area contributed by atoms with E-state index < -0.39 is 0 Å². The molecule has 1 aromatic rings. The third kappa shape index (κ3) is 3.57.